The van der Waals surface area contributed by atoms with Crippen molar-refractivity contribution >= 4 is 17.7 Å². The fourth-order valence-electron chi connectivity index (χ4n) is 2.72. The molecular weight excluding hydrogens is 336 g/mol. The predicted molar refractivity (Wildman–Crippen MR) is 104 cm³/mol. The van der Waals surface area contributed by atoms with E-state index >= 15 is 0 Å². The molecule has 0 spiro atoms. The van der Waals surface area contributed by atoms with E-state index in [0.717, 1.165) is 62.6 Å². The predicted octanol–water partition coefficient (Wildman–Crippen LogP) is 1.82. The van der Waals surface area contributed by atoms with Gasteiger partial charge in [-0.25, -0.2) is 4.99 Å². The van der Waals surface area contributed by atoms with Crippen LogP contribution in [0.15, 0.2) is 4.99 Å². The quantitative estimate of drug-likeness (QED) is 0.450. The van der Waals surface area contributed by atoms with Gasteiger partial charge in [0.05, 0.1) is 0 Å². The molecule has 0 saturated carbocycles. The standard InChI is InChI=1S/C17H32N6OS/c1-6-24-10-7-8-18-16(23-9-11-25-17(3,4)13-23)19-12-15-21-20-14(2)22(15)5/h6-13H2,1-5H3,(H,18,19). The van der Waals surface area contributed by atoms with Crippen molar-refractivity contribution in [2.45, 2.75) is 45.4 Å². The lowest BCUT2D eigenvalue weighted by atomic mass is 10.2. The molecule has 1 aromatic heterocycles. The van der Waals surface area contributed by atoms with E-state index in [4.69, 9.17) is 9.73 Å². The first-order valence-corrected chi connectivity index (χ1v) is 10.0. The molecule has 8 heteroatoms. The number of guanidine groups is 1. The van der Waals surface area contributed by atoms with E-state index in [1.807, 2.05) is 37.2 Å². The van der Waals surface area contributed by atoms with Crippen molar-refractivity contribution in [2.75, 3.05) is 38.6 Å². The summed E-state index contributed by atoms with van der Waals surface area (Å²) < 4.78 is 7.66. The van der Waals surface area contributed by atoms with Gasteiger partial charge < -0.3 is 19.5 Å². The number of hydrogen-bond acceptors (Lipinski definition) is 5. The largest absolute Gasteiger partial charge is 0.382 e. The zero-order chi connectivity index (χ0) is 18.3. The van der Waals surface area contributed by atoms with Gasteiger partial charge in [-0.2, -0.15) is 11.8 Å². The van der Waals surface area contributed by atoms with Crippen LogP contribution in [0.25, 0.3) is 0 Å². The molecule has 0 radical (unpaired) electrons. The lowest BCUT2D eigenvalue weighted by molar-refractivity contribution is 0.145. The fourth-order valence-corrected chi connectivity index (χ4v) is 3.83. The maximum Gasteiger partial charge on any atom is 0.194 e. The van der Waals surface area contributed by atoms with Gasteiger partial charge in [-0.3, -0.25) is 0 Å². The van der Waals surface area contributed by atoms with Gasteiger partial charge in [-0.05, 0) is 34.1 Å². The Bertz CT molecular complexity index is 571. The molecule has 7 nitrogen and oxygen atoms in total. The van der Waals surface area contributed by atoms with E-state index in [1.54, 1.807) is 0 Å². The molecule has 25 heavy (non-hydrogen) atoms. The first-order valence-electron chi connectivity index (χ1n) is 9.03. The number of ether oxygens (including phenoxy) is 1. The molecule has 2 heterocycles. The fraction of sp³-hybridized carbons (Fsp3) is 0.824. The minimum Gasteiger partial charge on any atom is -0.382 e. The Morgan fingerprint density at radius 2 is 2.20 bits per heavy atom. The molecule has 1 aliphatic heterocycles. The van der Waals surface area contributed by atoms with Crippen LogP contribution in [-0.4, -0.2) is 69.0 Å². The molecule has 1 aliphatic rings. The molecule has 1 N–H and O–H groups in total. The van der Waals surface area contributed by atoms with Crippen molar-refractivity contribution in [3.63, 3.8) is 0 Å². The van der Waals surface area contributed by atoms with Crippen molar-refractivity contribution in [2.24, 2.45) is 12.0 Å². The number of hydrogen-bond donors (Lipinski definition) is 1. The summed E-state index contributed by atoms with van der Waals surface area (Å²) in [5.41, 5.74) is 0. The number of aryl methyl sites for hydroxylation is 1. The summed E-state index contributed by atoms with van der Waals surface area (Å²) in [6.07, 6.45) is 0.974. The minimum absolute atomic E-state index is 0.243. The van der Waals surface area contributed by atoms with Crippen molar-refractivity contribution in [3.05, 3.63) is 11.6 Å². The third-order valence-electron chi connectivity index (χ3n) is 4.23. The average Bonchev–Trinajstić information content (AvgIpc) is 2.88. The Morgan fingerprint density at radius 3 is 2.84 bits per heavy atom. The maximum atomic E-state index is 5.42. The van der Waals surface area contributed by atoms with Crippen LogP contribution in [-0.2, 0) is 18.3 Å². The van der Waals surface area contributed by atoms with Crippen molar-refractivity contribution < 1.29 is 4.74 Å². The second-order valence-corrected chi connectivity index (χ2v) is 8.67. The smallest absolute Gasteiger partial charge is 0.194 e. The van der Waals surface area contributed by atoms with Gasteiger partial charge in [0.25, 0.3) is 0 Å². The summed E-state index contributed by atoms with van der Waals surface area (Å²) >= 11 is 2.03. The Labute approximate surface area is 155 Å². The van der Waals surface area contributed by atoms with E-state index in [9.17, 15) is 0 Å². The Balaban J connectivity index is 2.02. The normalized spacial score (nSPS) is 17.8. The molecule has 0 bridgehead atoms. The Morgan fingerprint density at radius 1 is 1.40 bits per heavy atom. The zero-order valence-corrected chi connectivity index (χ0v) is 17.0. The van der Waals surface area contributed by atoms with Gasteiger partial charge in [0.2, 0.25) is 0 Å². The van der Waals surface area contributed by atoms with Crippen LogP contribution in [0.4, 0.5) is 0 Å². The SMILES string of the molecule is CCOCCCNC(=NCc1nnc(C)n1C)N1CCSC(C)(C)C1. The molecule has 1 aromatic rings. The highest BCUT2D eigenvalue weighted by molar-refractivity contribution is 8.00. The molecule has 1 saturated heterocycles. The summed E-state index contributed by atoms with van der Waals surface area (Å²) in [6.45, 7) is 13.5. The lowest BCUT2D eigenvalue weighted by Gasteiger charge is -2.39. The van der Waals surface area contributed by atoms with Crippen LogP contribution < -0.4 is 5.32 Å². The highest BCUT2D eigenvalue weighted by atomic mass is 32.2. The average molecular weight is 369 g/mol. The summed E-state index contributed by atoms with van der Waals surface area (Å²) in [4.78, 5) is 7.19. The molecule has 0 atom stereocenters. The van der Waals surface area contributed by atoms with Crippen molar-refractivity contribution in [1.29, 1.82) is 0 Å². The van der Waals surface area contributed by atoms with E-state index in [1.165, 1.54) is 0 Å². The monoisotopic (exact) mass is 368 g/mol. The van der Waals surface area contributed by atoms with Gasteiger partial charge >= 0.3 is 0 Å². The summed E-state index contributed by atoms with van der Waals surface area (Å²) in [7, 11) is 1.98. The lowest BCUT2D eigenvalue weighted by Crippen LogP contribution is -2.51. The van der Waals surface area contributed by atoms with E-state index in [2.05, 4.69) is 34.3 Å². The van der Waals surface area contributed by atoms with Gasteiger partial charge in [0.15, 0.2) is 11.8 Å². The van der Waals surface area contributed by atoms with Gasteiger partial charge in [-0.15, -0.1) is 10.2 Å². The number of thioether (sulfide) groups is 1. The molecule has 0 amide bonds. The van der Waals surface area contributed by atoms with Crippen LogP contribution in [0.5, 0.6) is 0 Å². The number of aliphatic imine (C=N–C) groups is 1. The topological polar surface area (TPSA) is 67.6 Å². The van der Waals surface area contributed by atoms with Crippen LogP contribution in [0.3, 0.4) is 0 Å². The highest BCUT2D eigenvalue weighted by Crippen LogP contribution is 2.29. The van der Waals surface area contributed by atoms with Crippen LogP contribution >= 0.6 is 11.8 Å². The van der Waals surface area contributed by atoms with Gasteiger partial charge in [0.1, 0.15) is 12.4 Å². The van der Waals surface area contributed by atoms with Crippen LogP contribution in [0.2, 0.25) is 0 Å². The first-order chi connectivity index (χ1) is 11.9. The maximum absolute atomic E-state index is 5.42. The van der Waals surface area contributed by atoms with E-state index in [-0.39, 0.29) is 4.75 Å². The highest BCUT2D eigenvalue weighted by Gasteiger charge is 2.28. The number of nitrogens with zero attached hydrogens (tertiary/aromatic N) is 5. The Kier molecular flexibility index (Phi) is 7.56. The second kappa shape index (κ2) is 9.43. The third kappa shape index (κ3) is 6.18. The molecule has 2 rings (SSSR count). The van der Waals surface area contributed by atoms with Gasteiger partial charge in [0, 0.05) is 50.4 Å². The molecule has 0 aromatic carbocycles. The molecule has 0 unspecified atom stereocenters. The summed E-state index contributed by atoms with van der Waals surface area (Å²) in [5, 5.41) is 11.8. The first kappa shape index (κ1) is 20.0. The Hall–Kier alpha value is -1.28. The van der Waals surface area contributed by atoms with Crippen molar-refractivity contribution in [1.82, 2.24) is 25.0 Å². The van der Waals surface area contributed by atoms with Crippen molar-refractivity contribution in [3.8, 4) is 0 Å². The van der Waals surface area contributed by atoms with Gasteiger partial charge in [-0.1, -0.05) is 0 Å². The van der Waals surface area contributed by atoms with Crippen LogP contribution in [0, 0.1) is 6.92 Å². The molecular formula is C17H32N6OS. The van der Waals surface area contributed by atoms with E-state index < -0.39 is 0 Å². The summed E-state index contributed by atoms with van der Waals surface area (Å²) in [6, 6.07) is 0. The minimum atomic E-state index is 0.243. The summed E-state index contributed by atoms with van der Waals surface area (Å²) in [5.74, 6) is 3.88. The molecule has 0 aliphatic carbocycles. The van der Waals surface area contributed by atoms with E-state index in [0.29, 0.717) is 6.54 Å². The number of aromatic nitrogens is 3. The molecule has 142 valence electrons. The molecule has 1 fully saturated rings. The number of rotatable bonds is 7. The second-order valence-electron chi connectivity index (χ2n) is 6.87. The number of nitrogens with one attached hydrogen (secondary N) is 1. The van der Waals surface area contributed by atoms with Crippen LogP contribution in [0.1, 0.15) is 38.8 Å². The zero-order valence-electron chi connectivity index (χ0n) is 16.2. The third-order valence-corrected chi connectivity index (χ3v) is 5.53.